The minimum Gasteiger partial charge on any atom is -0.344 e. The third-order valence-electron chi connectivity index (χ3n) is 5.00. The largest absolute Gasteiger partial charge is 0.416 e. The van der Waals surface area contributed by atoms with Gasteiger partial charge in [-0.2, -0.15) is 13.2 Å². The van der Waals surface area contributed by atoms with Crippen LogP contribution in [0.5, 0.6) is 0 Å². The number of alkyl halides is 3. The molecule has 0 saturated heterocycles. The summed E-state index contributed by atoms with van der Waals surface area (Å²) in [5, 5.41) is 2.82. The van der Waals surface area contributed by atoms with Crippen LogP contribution in [-0.4, -0.2) is 27.1 Å². The van der Waals surface area contributed by atoms with Gasteiger partial charge in [0.1, 0.15) is 6.54 Å². The molecule has 0 radical (unpaired) electrons. The second-order valence-corrected chi connectivity index (χ2v) is 9.55. The van der Waals surface area contributed by atoms with Crippen LogP contribution in [0.15, 0.2) is 78.9 Å². The number of rotatable bonds is 7. The first-order valence-electron chi connectivity index (χ1n) is 10.0. The molecule has 0 heterocycles. The van der Waals surface area contributed by atoms with Crippen molar-refractivity contribution in [2.45, 2.75) is 19.1 Å². The van der Waals surface area contributed by atoms with Gasteiger partial charge in [-0.3, -0.25) is 9.10 Å². The number of nitrogens with zero attached hydrogens (tertiary/aromatic N) is 1. The van der Waals surface area contributed by atoms with Gasteiger partial charge in [0.05, 0.1) is 23.5 Å². The topological polar surface area (TPSA) is 66.5 Å². The van der Waals surface area contributed by atoms with Gasteiger partial charge in [-0.1, -0.05) is 66.2 Å². The summed E-state index contributed by atoms with van der Waals surface area (Å²) in [6, 6.07) is 19.9. The molecule has 5 nitrogen and oxygen atoms in total. The molecule has 1 amide bonds. The highest BCUT2D eigenvalue weighted by Gasteiger charge is 2.32. The fourth-order valence-corrected chi connectivity index (χ4v) is 4.19. The van der Waals surface area contributed by atoms with Crippen molar-refractivity contribution in [1.82, 2.24) is 5.32 Å². The van der Waals surface area contributed by atoms with Gasteiger partial charge < -0.3 is 5.32 Å². The summed E-state index contributed by atoms with van der Waals surface area (Å²) in [4.78, 5) is 12.9. The number of nitrogens with one attached hydrogen (secondary N) is 1. The van der Waals surface area contributed by atoms with E-state index in [1.807, 2.05) is 61.5 Å². The minimum absolute atomic E-state index is 0.242. The highest BCUT2D eigenvalue weighted by Crippen LogP contribution is 2.32. The summed E-state index contributed by atoms with van der Waals surface area (Å²) in [6.45, 7) is 1.26. The smallest absolute Gasteiger partial charge is 0.344 e. The number of hydrogen-bond acceptors (Lipinski definition) is 3. The Kier molecular flexibility index (Phi) is 7.12. The lowest BCUT2D eigenvalue weighted by Gasteiger charge is -2.25. The SMILES string of the molecule is Cc1ccc([C@@H](NC(=O)CN(c2cccc(C(F)(F)F)c2)S(C)(=O)=O)c2ccccc2)cc1. The molecule has 174 valence electrons. The number of aryl methyl sites for hydroxylation is 1. The Balaban J connectivity index is 1.91. The van der Waals surface area contributed by atoms with E-state index in [-0.39, 0.29) is 5.69 Å². The molecule has 3 aromatic rings. The van der Waals surface area contributed by atoms with Crippen molar-refractivity contribution >= 4 is 21.6 Å². The van der Waals surface area contributed by atoms with Crippen LogP contribution in [0.25, 0.3) is 0 Å². The molecule has 1 atom stereocenters. The van der Waals surface area contributed by atoms with E-state index in [2.05, 4.69) is 5.32 Å². The average Bonchev–Trinajstić information content (AvgIpc) is 2.76. The van der Waals surface area contributed by atoms with Crippen LogP contribution in [0.1, 0.15) is 28.3 Å². The number of benzene rings is 3. The molecule has 0 saturated carbocycles. The first-order valence-corrected chi connectivity index (χ1v) is 11.9. The predicted molar refractivity (Wildman–Crippen MR) is 121 cm³/mol. The van der Waals surface area contributed by atoms with Crippen LogP contribution in [0.2, 0.25) is 0 Å². The minimum atomic E-state index is -4.65. The molecule has 0 unspecified atom stereocenters. The van der Waals surface area contributed by atoms with Crippen molar-refractivity contribution in [2.75, 3.05) is 17.1 Å². The summed E-state index contributed by atoms with van der Waals surface area (Å²) in [5.74, 6) is -0.660. The molecule has 0 spiro atoms. The molecule has 3 aromatic carbocycles. The Morgan fingerprint density at radius 3 is 2.12 bits per heavy atom. The summed E-state index contributed by atoms with van der Waals surface area (Å²) < 4.78 is 64.7. The quantitative estimate of drug-likeness (QED) is 0.538. The van der Waals surface area contributed by atoms with E-state index in [0.717, 1.165) is 35.1 Å². The number of carbonyl (C=O) groups is 1. The van der Waals surface area contributed by atoms with Crippen molar-refractivity contribution in [2.24, 2.45) is 0 Å². The Morgan fingerprint density at radius 2 is 1.55 bits per heavy atom. The predicted octanol–water partition coefficient (Wildman–Crippen LogP) is 4.69. The van der Waals surface area contributed by atoms with Crippen molar-refractivity contribution in [1.29, 1.82) is 0 Å². The Hall–Kier alpha value is -3.33. The van der Waals surface area contributed by atoms with Crippen LogP contribution < -0.4 is 9.62 Å². The Morgan fingerprint density at radius 1 is 0.939 bits per heavy atom. The van der Waals surface area contributed by atoms with Crippen LogP contribution in [0, 0.1) is 6.92 Å². The van der Waals surface area contributed by atoms with E-state index in [1.54, 1.807) is 0 Å². The third-order valence-corrected chi connectivity index (χ3v) is 6.14. The van der Waals surface area contributed by atoms with Crippen molar-refractivity contribution in [3.8, 4) is 0 Å². The van der Waals surface area contributed by atoms with E-state index in [4.69, 9.17) is 0 Å². The zero-order chi connectivity index (χ0) is 24.2. The third kappa shape index (κ3) is 6.35. The summed E-state index contributed by atoms with van der Waals surface area (Å²) in [6.07, 6.45) is -3.81. The van der Waals surface area contributed by atoms with Gasteiger partial charge in [-0.15, -0.1) is 0 Å². The summed E-state index contributed by atoms with van der Waals surface area (Å²) in [5.41, 5.74) is 1.35. The fourth-order valence-electron chi connectivity index (χ4n) is 3.34. The summed E-state index contributed by atoms with van der Waals surface area (Å²) in [7, 11) is -4.04. The number of anilines is 1. The van der Waals surface area contributed by atoms with Gasteiger partial charge in [-0.25, -0.2) is 8.42 Å². The van der Waals surface area contributed by atoms with Crippen LogP contribution in [-0.2, 0) is 21.0 Å². The molecule has 1 N–H and O–H groups in total. The highest BCUT2D eigenvalue weighted by atomic mass is 32.2. The Labute approximate surface area is 190 Å². The van der Waals surface area contributed by atoms with Crippen molar-refractivity contribution in [3.05, 3.63) is 101 Å². The monoisotopic (exact) mass is 476 g/mol. The maximum atomic E-state index is 13.1. The molecule has 0 aliphatic rings. The lowest BCUT2D eigenvalue weighted by atomic mass is 9.98. The van der Waals surface area contributed by atoms with Gasteiger partial charge in [0, 0.05) is 0 Å². The molecule has 0 aromatic heterocycles. The zero-order valence-electron chi connectivity index (χ0n) is 18.0. The van der Waals surface area contributed by atoms with E-state index < -0.39 is 40.3 Å². The number of halogens is 3. The molecule has 0 bridgehead atoms. The first kappa shape index (κ1) is 24.3. The van der Waals surface area contributed by atoms with E-state index in [1.165, 1.54) is 6.07 Å². The molecule has 0 aliphatic heterocycles. The van der Waals surface area contributed by atoms with Crippen molar-refractivity contribution in [3.63, 3.8) is 0 Å². The number of carbonyl (C=O) groups excluding carboxylic acids is 1. The number of sulfonamides is 1. The van der Waals surface area contributed by atoms with Crippen LogP contribution in [0.4, 0.5) is 18.9 Å². The van der Waals surface area contributed by atoms with Gasteiger partial charge in [0.25, 0.3) is 0 Å². The first-order chi connectivity index (χ1) is 15.4. The van der Waals surface area contributed by atoms with E-state index in [9.17, 15) is 26.4 Å². The Bertz CT molecular complexity index is 1210. The molecular formula is C24H23F3N2O3S. The lowest BCUT2D eigenvalue weighted by molar-refractivity contribution is -0.137. The standard InChI is InChI=1S/C24H23F3N2O3S/c1-17-11-13-19(14-12-17)23(18-7-4-3-5-8-18)28-22(30)16-29(33(2,31)32)21-10-6-9-20(15-21)24(25,26)27/h3-15,23H,16H2,1-2H3,(H,28,30)/t23-/m0/s1. The van der Waals surface area contributed by atoms with E-state index in [0.29, 0.717) is 10.4 Å². The molecule has 33 heavy (non-hydrogen) atoms. The van der Waals surface area contributed by atoms with E-state index >= 15 is 0 Å². The second kappa shape index (κ2) is 9.66. The number of amides is 1. The molecule has 9 heteroatoms. The zero-order valence-corrected chi connectivity index (χ0v) is 18.8. The van der Waals surface area contributed by atoms with Crippen LogP contribution in [0.3, 0.4) is 0 Å². The number of hydrogen-bond donors (Lipinski definition) is 1. The van der Waals surface area contributed by atoms with Gasteiger partial charge in [0.15, 0.2) is 0 Å². The normalized spacial score (nSPS) is 12.8. The van der Waals surface area contributed by atoms with Gasteiger partial charge in [-0.05, 0) is 36.2 Å². The molecular weight excluding hydrogens is 453 g/mol. The molecule has 3 rings (SSSR count). The van der Waals surface area contributed by atoms with Crippen molar-refractivity contribution < 1.29 is 26.4 Å². The average molecular weight is 477 g/mol. The molecule has 0 fully saturated rings. The van der Waals surface area contributed by atoms with Gasteiger partial charge in [0.2, 0.25) is 15.9 Å². The summed E-state index contributed by atoms with van der Waals surface area (Å²) >= 11 is 0. The maximum absolute atomic E-state index is 13.1. The molecule has 0 aliphatic carbocycles. The second-order valence-electron chi connectivity index (χ2n) is 7.64. The fraction of sp³-hybridized carbons (Fsp3) is 0.208. The highest BCUT2D eigenvalue weighted by molar-refractivity contribution is 7.92. The maximum Gasteiger partial charge on any atom is 0.416 e. The van der Waals surface area contributed by atoms with Gasteiger partial charge >= 0.3 is 6.18 Å². The van der Waals surface area contributed by atoms with Crippen LogP contribution >= 0.6 is 0 Å². The lowest BCUT2D eigenvalue weighted by Crippen LogP contribution is -2.42.